The van der Waals surface area contributed by atoms with Gasteiger partial charge in [-0.15, -0.1) is 0 Å². The van der Waals surface area contributed by atoms with E-state index < -0.39 is 0 Å². The maximum atomic E-state index is 5.88. The van der Waals surface area contributed by atoms with Crippen LogP contribution in [0.4, 0.5) is 11.4 Å². The highest BCUT2D eigenvalue weighted by Gasteiger charge is 1.99. The van der Waals surface area contributed by atoms with E-state index in [4.69, 9.17) is 23.8 Å². The molecular weight excluding hydrogens is 348 g/mol. The number of benzene rings is 3. The lowest BCUT2D eigenvalue weighted by atomic mass is 10.1. The highest BCUT2D eigenvalue weighted by molar-refractivity contribution is 7.80. The molecule has 0 amide bonds. The fourth-order valence-corrected chi connectivity index (χ4v) is 2.62. The highest BCUT2D eigenvalue weighted by Crippen LogP contribution is 2.15. The second-order valence-electron chi connectivity index (χ2n) is 5.45. The lowest BCUT2D eigenvalue weighted by molar-refractivity contribution is 1.58. The monoisotopic (exact) mass is 364 g/mol. The van der Waals surface area contributed by atoms with Crippen LogP contribution < -0.4 is 10.6 Å². The first-order chi connectivity index (χ1) is 12.2. The fourth-order valence-electron chi connectivity index (χ4n) is 2.26. The first kappa shape index (κ1) is 17.2. The molecule has 0 bridgehead atoms. The Morgan fingerprint density at radius 1 is 0.680 bits per heavy atom. The van der Waals surface area contributed by atoms with Gasteiger partial charge in [0.05, 0.1) is 0 Å². The van der Waals surface area contributed by atoms with Crippen LogP contribution in [0.3, 0.4) is 0 Å². The summed E-state index contributed by atoms with van der Waals surface area (Å²) in [5.41, 5.74) is 4.14. The van der Waals surface area contributed by atoms with E-state index in [1.54, 1.807) is 0 Å². The molecule has 0 saturated heterocycles. The highest BCUT2D eigenvalue weighted by atomic mass is 35.5. The minimum Gasteiger partial charge on any atom is -0.332 e. The van der Waals surface area contributed by atoms with Crippen molar-refractivity contribution < 1.29 is 0 Å². The minimum atomic E-state index is 0.537. The van der Waals surface area contributed by atoms with E-state index in [9.17, 15) is 0 Å². The van der Waals surface area contributed by atoms with E-state index in [1.807, 2.05) is 66.7 Å². The van der Waals surface area contributed by atoms with Gasteiger partial charge in [0.15, 0.2) is 5.11 Å². The van der Waals surface area contributed by atoms with Crippen molar-refractivity contribution in [2.45, 2.75) is 0 Å². The van der Waals surface area contributed by atoms with Crippen LogP contribution in [0.5, 0.6) is 0 Å². The van der Waals surface area contributed by atoms with Gasteiger partial charge < -0.3 is 10.6 Å². The lowest BCUT2D eigenvalue weighted by Crippen LogP contribution is -2.18. The first-order valence-corrected chi connectivity index (χ1v) is 8.64. The Labute approximate surface area is 158 Å². The topological polar surface area (TPSA) is 24.1 Å². The Morgan fingerprint density at radius 2 is 1.16 bits per heavy atom. The van der Waals surface area contributed by atoms with Crippen molar-refractivity contribution in [3.8, 4) is 0 Å². The molecule has 0 radical (unpaired) electrons. The molecule has 3 aromatic carbocycles. The van der Waals surface area contributed by atoms with Crippen molar-refractivity contribution in [2.24, 2.45) is 0 Å². The van der Waals surface area contributed by atoms with Crippen LogP contribution in [0.2, 0.25) is 5.02 Å². The van der Waals surface area contributed by atoms with Crippen molar-refractivity contribution in [3.05, 3.63) is 95.0 Å². The summed E-state index contributed by atoms with van der Waals surface area (Å²) in [5, 5.41) is 7.53. The van der Waals surface area contributed by atoms with Crippen molar-refractivity contribution in [2.75, 3.05) is 10.6 Å². The van der Waals surface area contributed by atoms with Crippen LogP contribution in [0, 0.1) is 0 Å². The molecule has 3 rings (SSSR count). The maximum absolute atomic E-state index is 5.88. The van der Waals surface area contributed by atoms with Gasteiger partial charge in [0.1, 0.15) is 0 Å². The smallest absolute Gasteiger partial charge is 0.175 e. The van der Waals surface area contributed by atoms with Crippen molar-refractivity contribution in [1.82, 2.24) is 0 Å². The van der Waals surface area contributed by atoms with Crippen LogP contribution in [-0.2, 0) is 0 Å². The molecule has 124 valence electrons. The molecule has 2 nitrogen and oxygen atoms in total. The Balaban J connectivity index is 1.57. The Bertz CT molecular complexity index is 857. The average Bonchev–Trinajstić information content (AvgIpc) is 2.64. The third kappa shape index (κ3) is 5.45. The molecule has 0 heterocycles. The maximum Gasteiger partial charge on any atom is 0.175 e. The second kappa shape index (κ2) is 8.47. The number of nitrogens with one attached hydrogen (secondary N) is 2. The molecule has 0 aromatic heterocycles. The SMILES string of the molecule is S=C(Nc1ccc(Cl)cc1)Nc1ccc(/C=C/c2ccccc2)cc1. The van der Waals surface area contributed by atoms with Crippen LogP contribution >= 0.6 is 23.8 Å². The summed E-state index contributed by atoms with van der Waals surface area (Å²) in [4.78, 5) is 0. The van der Waals surface area contributed by atoms with Crippen molar-refractivity contribution >= 4 is 52.5 Å². The van der Waals surface area contributed by atoms with Gasteiger partial charge in [-0.3, -0.25) is 0 Å². The molecule has 0 aliphatic carbocycles. The third-order valence-corrected chi connectivity index (χ3v) is 3.99. The van der Waals surface area contributed by atoms with Crippen LogP contribution in [0.25, 0.3) is 12.2 Å². The van der Waals surface area contributed by atoms with E-state index in [1.165, 1.54) is 5.56 Å². The quantitative estimate of drug-likeness (QED) is 0.418. The molecule has 0 spiro atoms. The summed E-state index contributed by atoms with van der Waals surface area (Å²) in [6.45, 7) is 0. The number of hydrogen-bond acceptors (Lipinski definition) is 1. The lowest BCUT2D eigenvalue weighted by Gasteiger charge is -2.10. The first-order valence-electron chi connectivity index (χ1n) is 7.86. The Morgan fingerprint density at radius 3 is 1.72 bits per heavy atom. The van der Waals surface area contributed by atoms with Crippen LogP contribution in [0.1, 0.15) is 11.1 Å². The summed E-state index contributed by atoms with van der Waals surface area (Å²) in [5.74, 6) is 0. The number of halogens is 1. The second-order valence-corrected chi connectivity index (χ2v) is 6.30. The number of thiocarbonyl (C=S) groups is 1. The number of rotatable bonds is 4. The normalized spacial score (nSPS) is 10.6. The van der Waals surface area contributed by atoms with E-state index >= 15 is 0 Å². The molecule has 0 fully saturated rings. The van der Waals surface area contributed by atoms with E-state index in [0.717, 1.165) is 16.9 Å². The van der Waals surface area contributed by atoms with Gasteiger partial charge in [-0.25, -0.2) is 0 Å². The standard InChI is InChI=1S/C21H17ClN2S/c22-18-10-14-20(15-11-18)24-21(25)23-19-12-8-17(9-13-19)7-6-16-4-2-1-3-5-16/h1-15H,(H2,23,24,25)/b7-6+. The zero-order valence-corrected chi connectivity index (χ0v) is 15.0. The summed E-state index contributed by atoms with van der Waals surface area (Å²) in [6, 6.07) is 25.7. The Hall–Kier alpha value is -2.62. The van der Waals surface area contributed by atoms with Gasteiger partial charge in [0.2, 0.25) is 0 Å². The molecule has 0 aliphatic rings. The number of hydrogen-bond donors (Lipinski definition) is 2. The zero-order chi connectivity index (χ0) is 17.5. The summed E-state index contributed by atoms with van der Waals surface area (Å²) < 4.78 is 0. The van der Waals surface area contributed by atoms with Gasteiger partial charge in [0, 0.05) is 16.4 Å². The van der Waals surface area contributed by atoms with Gasteiger partial charge >= 0.3 is 0 Å². The fraction of sp³-hybridized carbons (Fsp3) is 0. The molecule has 0 aliphatic heterocycles. The average molecular weight is 365 g/mol. The largest absolute Gasteiger partial charge is 0.332 e. The van der Waals surface area contributed by atoms with E-state index in [2.05, 4.69) is 34.9 Å². The minimum absolute atomic E-state index is 0.537. The summed E-state index contributed by atoms with van der Waals surface area (Å²) in [7, 11) is 0. The van der Waals surface area contributed by atoms with Crippen LogP contribution in [-0.4, -0.2) is 5.11 Å². The zero-order valence-electron chi connectivity index (χ0n) is 13.4. The van der Waals surface area contributed by atoms with Gasteiger partial charge in [0.25, 0.3) is 0 Å². The van der Waals surface area contributed by atoms with Gasteiger partial charge in [-0.05, 0) is 59.7 Å². The predicted molar refractivity (Wildman–Crippen MR) is 113 cm³/mol. The molecule has 3 aromatic rings. The summed E-state index contributed by atoms with van der Waals surface area (Å²) in [6.07, 6.45) is 4.18. The van der Waals surface area contributed by atoms with Gasteiger partial charge in [-0.2, -0.15) is 0 Å². The summed E-state index contributed by atoms with van der Waals surface area (Å²) >= 11 is 11.2. The predicted octanol–water partition coefficient (Wildman–Crippen LogP) is 6.32. The van der Waals surface area contributed by atoms with Crippen molar-refractivity contribution in [3.63, 3.8) is 0 Å². The van der Waals surface area contributed by atoms with Crippen LogP contribution in [0.15, 0.2) is 78.9 Å². The van der Waals surface area contributed by atoms with Crippen molar-refractivity contribution in [1.29, 1.82) is 0 Å². The molecule has 0 unspecified atom stereocenters. The molecule has 25 heavy (non-hydrogen) atoms. The number of anilines is 2. The Kier molecular flexibility index (Phi) is 5.83. The molecule has 4 heteroatoms. The third-order valence-electron chi connectivity index (χ3n) is 3.54. The molecule has 2 N–H and O–H groups in total. The van der Waals surface area contributed by atoms with E-state index in [-0.39, 0.29) is 0 Å². The van der Waals surface area contributed by atoms with Gasteiger partial charge in [-0.1, -0.05) is 66.2 Å². The van der Waals surface area contributed by atoms with E-state index in [0.29, 0.717) is 10.1 Å². The molecule has 0 saturated carbocycles. The molecule has 0 atom stereocenters. The molecular formula is C21H17ClN2S.